The average Bonchev–Trinajstić information content (AvgIpc) is 3.70. The van der Waals surface area contributed by atoms with Gasteiger partial charge in [0.05, 0.1) is 16.8 Å². The third kappa shape index (κ3) is 4.66. The van der Waals surface area contributed by atoms with Crippen LogP contribution >= 0.6 is 0 Å². The van der Waals surface area contributed by atoms with E-state index in [4.69, 9.17) is 0 Å². The Labute approximate surface area is 198 Å². The second-order valence-corrected chi connectivity index (χ2v) is 8.60. The summed E-state index contributed by atoms with van der Waals surface area (Å²) in [5.41, 5.74) is 4.31. The standard InChI is InChI=1S/C26H27N7O/c1-16(19-4-3-5-20-21(26(34)27-2)10-11-28-25(19)20)13-29-24-12-22(31-15-32-24)17-6-9-23(30-14-17)33-18-7-8-18/h3-6,9-12,14-16,18H,7-8,13H2,1-2H3,(H,27,34)(H,30,33)(H,29,31,32). The number of benzene rings is 1. The number of hydrogen-bond donors (Lipinski definition) is 3. The first-order chi connectivity index (χ1) is 16.6. The largest absolute Gasteiger partial charge is 0.369 e. The molecule has 1 saturated carbocycles. The van der Waals surface area contributed by atoms with Crippen LogP contribution in [0.25, 0.3) is 22.2 Å². The number of carbonyl (C=O) groups is 1. The summed E-state index contributed by atoms with van der Waals surface area (Å²) in [6, 6.07) is 14.2. The van der Waals surface area contributed by atoms with Crippen LogP contribution in [0.15, 0.2) is 61.2 Å². The number of nitrogens with one attached hydrogen (secondary N) is 3. The van der Waals surface area contributed by atoms with Gasteiger partial charge in [-0.15, -0.1) is 0 Å². The van der Waals surface area contributed by atoms with Gasteiger partial charge in [-0.3, -0.25) is 9.78 Å². The molecule has 0 spiro atoms. The fourth-order valence-electron chi connectivity index (χ4n) is 3.98. The molecule has 3 heterocycles. The molecule has 5 rings (SSSR count). The molecule has 8 heteroatoms. The molecule has 1 aromatic carbocycles. The minimum Gasteiger partial charge on any atom is -0.369 e. The highest BCUT2D eigenvalue weighted by atomic mass is 16.1. The van der Waals surface area contributed by atoms with Gasteiger partial charge in [-0.2, -0.15) is 0 Å². The number of fused-ring (bicyclic) bond motifs is 1. The van der Waals surface area contributed by atoms with Crippen molar-refractivity contribution in [2.24, 2.45) is 0 Å². The van der Waals surface area contributed by atoms with Crippen LogP contribution in [-0.2, 0) is 0 Å². The van der Waals surface area contributed by atoms with Crippen molar-refractivity contribution in [2.45, 2.75) is 31.7 Å². The second kappa shape index (κ2) is 9.43. The first-order valence-corrected chi connectivity index (χ1v) is 11.5. The minimum absolute atomic E-state index is 0.116. The number of nitrogens with zero attached hydrogens (tertiary/aromatic N) is 4. The molecule has 1 fully saturated rings. The van der Waals surface area contributed by atoms with Crippen molar-refractivity contribution < 1.29 is 4.79 Å². The number of para-hydroxylation sites is 1. The summed E-state index contributed by atoms with van der Waals surface area (Å²) < 4.78 is 0. The van der Waals surface area contributed by atoms with Crippen LogP contribution < -0.4 is 16.0 Å². The molecule has 0 saturated heterocycles. The van der Waals surface area contributed by atoms with E-state index in [0.717, 1.165) is 39.4 Å². The summed E-state index contributed by atoms with van der Waals surface area (Å²) in [7, 11) is 1.64. The van der Waals surface area contributed by atoms with Crippen molar-refractivity contribution >= 4 is 28.4 Å². The van der Waals surface area contributed by atoms with Crippen LogP contribution in [0.2, 0.25) is 0 Å². The molecular weight excluding hydrogens is 426 g/mol. The van der Waals surface area contributed by atoms with E-state index >= 15 is 0 Å². The quantitative estimate of drug-likeness (QED) is 0.367. The fraction of sp³-hybridized carbons (Fsp3) is 0.269. The Hall–Kier alpha value is -4.07. The zero-order valence-corrected chi connectivity index (χ0v) is 19.2. The molecule has 1 aliphatic carbocycles. The van der Waals surface area contributed by atoms with Crippen LogP contribution in [0.3, 0.4) is 0 Å². The van der Waals surface area contributed by atoms with E-state index in [0.29, 0.717) is 18.2 Å². The van der Waals surface area contributed by atoms with Gasteiger partial charge < -0.3 is 16.0 Å². The normalized spacial score (nSPS) is 13.9. The van der Waals surface area contributed by atoms with E-state index in [2.05, 4.69) is 48.9 Å². The molecule has 1 atom stereocenters. The van der Waals surface area contributed by atoms with E-state index in [-0.39, 0.29) is 11.8 Å². The predicted octanol–water partition coefficient (Wildman–Crippen LogP) is 4.24. The first kappa shape index (κ1) is 21.8. The molecule has 0 radical (unpaired) electrons. The van der Waals surface area contributed by atoms with Gasteiger partial charge in [-0.1, -0.05) is 25.1 Å². The summed E-state index contributed by atoms with van der Waals surface area (Å²) in [4.78, 5) is 30.1. The molecule has 0 bridgehead atoms. The lowest BCUT2D eigenvalue weighted by Crippen LogP contribution is -2.18. The van der Waals surface area contributed by atoms with E-state index in [1.54, 1.807) is 25.6 Å². The number of rotatable bonds is 8. The fourth-order valence-corrected chi connectivity index (χ4v) is 3.98. The van der Waals surface area contributed by atoms with Gasteiger partial charge in [0.15, 0.2) is 0 Å². The van der Waals surface area contributed by atoms with Crippen molar-refractivity contribution in [1.82, 2.24) is 25.3 Å². The number of pyridine rings is 2. The third-order valence-corrected chi connectivity index (χ3v) is 6.05. The zero-order chi connectivity index (χ0) is 23.5. The van der Waals surface area contributed by atoms with Crippen LogP contribution in [-0.4, -0.2) is 45.5 Å². The highest BCUT2D eigenvalue weighted by Gasteiger charge is 2.21. The van der Waals surface area contributed by atoms with E-state index in [9.17, 15) is 4.79 Å². The van der Waals surface area contributed by atoms with Crippen molar-refractivity contribution in [3.63, 3.8) is 0 Å². The van der Waals surface area contributed by atoms with E-state index in [1.165, 1.54) is 12.8 Å². The van der Waals surface area contributed by atoms with Crippen molar-refractivity contribution in [2.75, 3.05) is 24.2 Å². The van der Waals surface area contributed by atoms with Crippen LogP contribution in [0.4, 0.5) is 11.6 Å². The number of carbonyl (C=O) groups excluding carboxylic acids is 1. The highest BCUT2D eigenvalue weighted by Crippen LogP contribution is 2.27. The Bertz CT molecular complexity index is 1320. The number of anilines is 2. The van der Waals surface area contributed by atoms with Crippen LogP contribution in [0.5, 0.6) is 0 Å². The van der Waals surface area contributed by atoms with Gasteiger partial charge in [-0.05, 0) is 36.6 Å². The first-order valence-electron chi connectivity index (χ1n) is 11.5. The molecule has 1 amide bonds. The SMILES string of the molecule is CNC(=O)c1ccnc2c(C(C)CNc3cc(-c4ccc(NC5CC5)nc4)ncn3)cccc12. The van der Waals surface area contributed by atoms with Crippen molar-refractivity contribution in [3.8, 4) is 11.3 Å². The molecule has 0 aliphatic heterocycles. The lowest BCUT2D eigenvalue weighted by atomic mass is 9.96. The molecule has 4 aromatic rings. The topological polar surface area (TPSA) is 105 Å². The summed E-state index contributed by atoms with van der Waals surface area (Å²) >= 11 is 0. The molecule has 8 nitrogen and oxygen atoms in total. The molecule has 1 aliphatic rings. The summed E-state index contributed by atoms with van der Waals surface area (Å²) in [6.07, 6.45) is 7.52. The zero-order valence-electron chi connectivity index (χ0n) is 19.2. The smallest absolute Gasteiger partial charge is 0.251 e. The maximum absolute atomic E-state index is 12.3. The highest BCUT2D eigenvalue weighted by molar-refractivity contribution is 6.06. The molecule has 34 heavy (non-hydrogen) atoms. The number of hydrogen-bond acceptors (Lipinski definition) is 7. The van der Waals surface area contributed by atoms with Crippen molar-refractivity contribution in [3.05, 3.63) is 72.3 Å². The minimum atomic E-state index is -0.116. The number of amides is 1. The van der Waals surface area contributed by atoms with Gasteiger partial charge in [-0.25, -0.2) is 15.0 Å². The van der Waals surface area contributed by atoms with Gasteiger partial charge >= 0.3 is 0 Å². The number of aromatic nitrogens is 4. The summed E-state index contributed by atoms with van der Waals surface area (Å²) in [5.74, 6) is 1.67. The molecule has 172 valence electrons. The van der Waals surface area contributed by atoms with Crippen LogP contribution in [0.1, 0.15) is 41.6 Å². The van der Waals surface area contributed by atoms with Gasteiger partial charge in [0.25, 0.3) is 5.91 Å². The third-order valence-electron chi connectivity index (χ3n) is 6.05. The summed E-state index contributed by atoms with van der Waals surface area (Å²) in [5, 5.41) is 10.4. The second-order valence-electron chi connectivity index (χ2n) is 8.60. The maximum Gasteiger partial charge on any atom is 0.251 e. The monoisotopic (exact) mass is 453 g/mol. The van der Waals surface area contributed by atoms with E-state index < -0.39 is 0 Å². The predicted molar refractivity (Wildman–Crippen MR) is 134 cm³/mol. The average molecular weight is 454 g/mol. The van der Waals surface area contributed by atoms with Gasteiger partial charge in [0.1, 0.15) is 18.0 Å². The van der Waals surface area contributed by atoms with Crippen molar-refractivity contribution in [1.29, 1.82) is 0 Å². The van der Waals surface area contributed by atoms with E-state index in [1.807, 2.05) is 36.5 Å². The Balaban J connectivity index is 1.31. The summed E-state index contributed by atoms with van der Waals surface area (Å²) in [6.45, 7) is 2.79. The van der Waals surface area contributed by atoms with Crippen LogP contribution in [0, 0.1) is 0 Å². The lowest BCUT2D eigenvalue weighted by molar-refractivity contribution is 0.0964. The molecule has 1 unspecified atom stereocenters. The molecule has 3 aromatic heterocycles. The molecule has 3 N–H and O–H groups in total. The Morgan fingerprint density at radius 1 is 1.06 bits per heavy atom. The Kier molecular flexibility index (Phi) is 6.03. The Morgan fingerprint density at radius 2 is 1.94 bits per heavy atom. The van der Waals surface area contributed by atoms with Gasteiger partial charge in [0.2, 0.25) is 0 Å². The lowest BCUT2D eigenvalue weighted by Gasteiger charge is -2.16. The molecular formula is C26H27N7O. The Morgan fingerprint density at radius 3 is 2.71 bits per heavy atom. The van der Waals surface area contributed by atoms with Gasteiger partial charge in [0, 0.05) is 55.0 Å². The maximum atomic E-state index is 12.3.